The van der Waals surface area contributed by atoms with Gasteiger partial charge in [0.15, 0.2) is 0 Å². The highest BCUT2D eigenvalue weighted by molar-refractivity contribution is 5.93. The van der Waals surface area contributed by atoms with Gasteiger partial charge in [-0.1, -0.05) is 24.3 Å². The number of hydrogen-bond acceptors (Lipinski definition) is 3. The Balaban J connectivity index is 2.09. The van der Waals surface area contributed by atoms with E-state index in [1.54, 1.807) is 24.2 Å². The van der Waals surface area contributed by atoms with Crippen LogP contribution >= 0.6 is 0 Å². The van der Waals surface area contributed by atoms with Gasteiger partial charge in [-0.25, -0.2) is 0 Å². The van der Waals surface area contributed by atoms with Gasteiger partial charge in [-0.3, -0.25) is 9.78 Å². The van der Waals surface area contributed by atoms with Crippen molar-refractivity contribution in [2.45, 2.75) is 20.0 Å². The predicted molar refractivity (Wildman–Crippen MR) is 79.1 cm³/mol. The van der Waals surface area contributed by atoms with E-state index in [1.165, 1.54) is 0 Å². The monoisotopic (exact) mass is 269 g/mol. The molecule has 1 aromatic heterocycles. The van der Waals surface area contributed by atoms with Gasteiger partial charge in [0, 0.05) is 32.0 Å². The van der Waals surface area contributed by atoms with E-state index < -0.39 is 0 Å². The number of aromatic nitrogens is 1. The second-order valence-electron chi connectivity index (χ2n) is 4.87. The summed E-state index contributed by atoms with van der Waals surface area (Å²) in [5.41, 5.74) is 9.28. The van der Waals surface area contributed by atoms with Crippen molar-refractivity contribution in [3.8, 4) is 0 Å². The Morgan fingerprint density at radius 1 is 1.25 bits per heavy atom. The van der Waals surface area contributed by atoms with Crippen LogP contribution in [0.15, 0.2) is 42.6 Å². The van der Waals surface area contributed by atoms with E-state index in [1.807, 2.05) is 37.3 Å². The molecular formula is C16H19N3O. The fraction of sp³-hybridized carbons (Fsp3) is 0.250. The molecule has 4 nitrogen and oxygen atoms in total. The largest absolute Gasteiger partial charge is 0.337 e. The molecule has 0 saturated carbocycles. The average molecular weight is 269 g/mol. The lowest BCUT2D eigenvalue weighted by atomic mass is 10.1. The van der Waals surface area contributed by atoms with Crippen LogP contribution in [0, 0.1) is 6.92 Å². The Morgan fingerprint density at radius 2 is 2.00 bits per heavy atom. The van der Waals surface area contributed by atoms with E-state index in [4.69, 9.17) is 5.73 Å². The van der Waals surface area contributed by atoms with Crippen LogP contribution in [-0.4, -0.2) is 22.8 Å². The van der Waals surface area contributed by atoms with Crippen LogP contribution < -0.4 is 5.73 Å². The lowest BCUT2D eigenvalue weighted by molar-refractivity contribution is 0.0784. The third-order valence-electron chi connectivity index (χ3n) is 3.15. The molecule has 1 amide bonds. The van der Waals surface area contributed by atoms with Crippen LogP contribution in [0.3, 0.4) is 0 Å². The highest BCUT2D eigenvalue weighted by Gasteiger charge is 2.12. The number of hydrogen-bond donors (Lipinski definition) is 1. The molecule has 104 valence electrons. The normalized spacial score (nSPS) is 10.3. The lowest BCUT2D eigenvalue weighted by Crippen LogP contribution is -2.26. The minimum atomic E-state index is -0.0318. The molecule has 2 aromatic rings. The number of rotatable bonds is 4. The molecular weight excluding hydrogens is 250 g/mol. The molecule has 2 N–H and O–H groups in total. The zero-order valence-corrected chi connectivity index (χ0v) is 11.8. The number of carbonyl (C=O) groups excluding carboxylic acids is 1. The van der Waals surface area contributed by atoms with Crippen LogP contribution in [-0.2, 0) is 13.1 Å². The molecule has 0 fully saturated rings. The standard InChI is InChI=1S/C16H19N3O/c1-12-6-7-15(10-18-12)16(20)19(2)11-14-5-3-4-13(8-14)9-17/h3-8,10H,9,11,17H2,1-2H3. The van der Waals surface area contributed by atoms with E-state index in [9.17, 15) is 4.79 Å². The number of nitrogens with zero attached hydrogens (tertiary/aromatic N) is 2. The molecule has 0 bridgehead atoms. The maximum atomic E-state index is 12.3. The quantitative estimate of drug-likeness (QED) is 0.925. The summed E-state index contributed by atoms with van der Waals surface area (Å²) in [6, 6.07) is 11.6. The van der Waals surface area contributed by atoms with Crippen molar-refractivity contribution in [1.82, 2.24) is 9.88 Å². The van der Waals surface area contributed by atoms with Gasteiger partial charge in [-0.2, -0.15) is 0 Å². The minimum Gasteiger partial charge on any atom is -0.337 e. The summed E-state index contributed by atoms with van der Waals surface area (Å²) in [6.45, 7) is 2.96. The minimum absolute atomic E-state index is 0.0318. The summed E-state index contributed by atoms with van der Waals surface area (Å²) < 4.78 is 0. The zero-order chi connectivity index (χ0) is 14.5. The molecule has 0 saturated heterocycles. The first-order valence-electron chi connectivity index (χ1n) is 6.56. The SMILES string of the molecule is Cc1ccc(C(=O)N(C)Cc2cccc(CN)c2)cn1. The highest BCUT2D eigenvalue weighted by Crippen LogP contribution is 2.10. The van der Waals surface area contributed by atoms with Crippen molar-refractivity contribution in [2.75, 3.05) is 7.05 Å². The van der Waals surface area contributed by atoms with Gasteiger partial charge in [0.25, 0.3) is 5.91 Å². The molecule has 1 heterocycles. The Kier molecular flexibility index (Phi) is 4.48. The Morgan fingerprint density at radius 3 is 2.65 bits per heavy atom. The van der Waals surface area contributed by atoms with E-state index in [0.29, 0.717) is 18.7 Å². The van der Waals surface area contributed by atoms with Gasteiger partial charge in [0.05, 0.1) is 5.56 Å². The second kappa shape index (κ2) is 6.30. The first kappa shape index (κ1) is 14.2. The molecule has 20 heavy (non-hydrogen) atoms. The maximum absolute atomic E-state index is 12.3. The molecule has 0 aliphatic carbocycles. The number of nitrogens with two attached hydrogens (primary N) is 1. The van der Waals surface area contributed by atoms with Crippen molar-refractivity contribution in [1.29, 1.82) is 0 Å². The lowest BCUT2D eigenvalue weighted by Gasteiger charge is -2.17. The average Bonchev–Trinajstić information content (AvgIpc) is 2.47. The Hall–Kier alpha value is -2.20. The summed E-state index contributed by atoms with van der Waals surface area (Å²) in [5, 5.41) is 0. The van der Waals surface area contributed by atoms with Gasteiger partial charge in [0.1, 0.15) is 0 Å². The number of carbonyl (C=O) groups is 1. The summed E-state index contributed by atoms with van der Waals surface area (Å²) in [4.78, 5) is 18.1. The maximum Gasteiger partial charge on any atom is 0.255 e. The molecule has 0 aliphatic rings. The molecule has 4 heteroatoms. The van der Waals surface area contributed by atoms with Crippen molar-refractivity contribution < 1.29 is 4.79 Å². The van der Waals surface area contributed by atoms with Crippen LogP contribution in [0.25, 0.3) is 0 Å². The number of amides is 1. The van der Waals surface area contributed by atoms with Crippen LogP contribution in [0.4, 0.5) is 0 Å². The van der Waals surface area contributed by atoms with Gasteiger partial charge < -0.3 is 10.6 Å². The Labute approximate surface area is 119 Å². The van der Waals surface area contributed by atoms with Crippen molar-refractivity contribution in [3.63, 3.8) is 0 Å². The summed E-state index contributed by atoms with van der Waals surface area (Å²) >= 11 is 0. The van der Waals surface area contributed by atoms with Crippen LogP contribution in [0.5, 0.6) is 0 Å². The zero-order valence-electron chi connectivity index (χ0n) is 11.8. The third kappa shape index (κ3) is 3.42. The first-order valence-corrected chi connectivity index (χ1v) is 6.56. The molecule has 1 aromatic carbocycles. The van der Waals surface area contributed by atoms with Gasteiger partial charge in [-0.05, 0) is 30.2 Å². The van der Waals surface area contributed by atoms with Crippen molar-refractivity contribution in [3.05, 3.63) is 65.0 Å². The third-order valence-corrected chi connectivity index (χ3v) is 3.15. The molecule has 2 rings (SSSR count). The summed E-state index contributed by atoms with van der Waals surface area (Å²) in [6.07, 6.45) is 1.62. The Bertz CT molecular complexity index is 593. The number of pyridine rings is 1. The fourth-order valence-electron chi connectivity index (χ4n) is 2.02. The number of aryl methyl sites for hydroxylation is 1. The summed E-state index contributed by atoms with van der Waals surface area (Å²) in [7, 11) is 1.79. The topological polar surface area (TPSA) is 59.2 Å². The molecule has 0 atom stereocenters. The first-order chi connectivity index (χ1) is 9.60. The van der Waals surface area contributed by atoms with E-state index in [2.05, 4.69) is 4.98 Å². The van der Waals surface area contributed by atoms with Crippen molar-refractivity contribution >= 4 is 5.91 Å². The van der Waals surface area contributed by atoms with E-state index >= 15 is 0 Å². The molecule has 0 unspecified atom stereocenters. The molecule has 0 aliphatic heterocycles. The fourth-order valence-corrected chi connectivity index (χ4v) is 2.02. The molecule has 0 radical (unpaired) electrons. The predicted octanol–water partition coefficient (Wildman–Crippen LogP) is 2.12. The highest BCUT2D eigenvalue weighted by atomic mass is 16.2. The van der Waals surface area contributed by atoms with Gasteiger partial charge in [-0.15, -0.1) is 0 Å². The van der Waals surface area contributed by atoms with E-state index in [0.717, 1.165) is 16.8 Å². The van der Waals surface area contributed by atoms with Gasteiger partial charge >= 0.3 is 0 Å². The van der Waals surface area contributed by atoms with Gasteiger partial charge in [0.2, 0.25) is 0 Å². The van der Waals surface area contributed by atoms with E-state index in [-0.39, 0.29) is 5.91 Å². The second-order valence-corrected chi connectivity index (χ2v) is 4.87. The van der Waals surface area contributed by atoms with Crippen LogP contribution in [0.1, 0.15) is 27.2 Å². The smallest absolute Gasteiger partial charge is 0.255 e. The van der Waals surface area contributed by atoms with Crippen LogP contribution in [0.2, 0.25) is 0 Å². The van der Waals surface area contributed by atoms with Crippen molar-refractivity contribution in [2.24, 2.45) is 5.73 Å². The summed E-state index contributed by atoms with van der Waals surface area (Å²) in [5.74, 6) is -0.0318. The molecule has 0 spiro atoms. The number of benzene rings is 1.